The minimum atomic E-state index is -1.26. The second kappa shape index (κ2) is 9.33. The van der Waals surface area contributed by atoms with E-state index in [1.54, 1.807) is 5.41 Å². The molecule has 1 aliphatic rings. The molecule has 2 aromatic carbocycles. The molecule has 1 aromatic heterocycles. The Bertz CT molecular complexity index is 996. The summed E-state index contributed by atoms with van der Waals surface area (Å²) in [4.78, 5) is 0. The van der Waals surface area contributed by atoms with Gasteiger partial charge in [-0.1, -0.05) is 60.7 Å². The van der Waals surface area contributed by atoms with E-state index in [2.05, 4.69) is 33.7 Å². The molecule has 0 amide bonds. The van der Waals surface area contributed by atoms with Crippen LogP contribution in [-0.4, -0.2) is 14.0 Å². The van der Waals surface area contributed by atoms with Gasteiger partial charge in [-0.2, -0.15) is 5.10 Å². The molecule has 1 N–H and O–H groups in total. The zero-order chi connectivity index (χ0) is 20.1. The Morgan fingerprint density at radius 2 is 1.76 bits per heavy atom. The first-order valence-corrected chi connectivity index (χ1v) is 11.4. The van der Waals surface area contributed by atoms with Gasteiger partial charge in [0.15, 0.2) is 0 Å². The van der Waals surface area contributed by atoms with E-state index in [4.69, 9.17) is 5.10 Å². The predicted octanol–water partition coefficient (Wildman–Crippen LogP) is 4.80. The van der Waals surface area contributed by atoms with Crippen LogP contribution in [-0.2, 0) is 30.4 Å². The number of nitrogens with one attached hydrogen (secondary N) is 1. The van der Waals surface area contributed by atoms with Crippen LogP contribution in [0.5, 0.6) is 0 Å². The fraction of sp³-hybridized carbons (Fsp3) is 0.292. The minimum Gasteiger partial charge on any atom is -0.264 e. The van der Waals surface area contributed by atoms with E-state index in [9.17, 15) is 4.21 Å². The minimum absolute atomic E-state index is 0.0197. The van der Waals surface area contributed by atoms with E-state index in [0.717, 1.165) is 30.6 Å². The maximum Gasteiger partial charge on any atom is 0.118 e. The summed E-state index contributed by atoms with van der Waals surface area (Å²) in [5.41, 5.74) is 5.98. The second-order valence-electron chi connectivity index (χ2n) is 7.51. The number of rotatable bonds is 7. The van der Waals surface area contributed by atoms with Crippen molar-refractivity contribution < 1.29 is 4.21 Å². The molecule has 1 heterocycles. The van der Waals surface area contributed by atoms with E-state index in [1.165, 1.54) is 29.7 Å². The van der Waals surface area contributed by atoms with Crippen molar-refractivity contribution in [3.8, 4) is 0 Å². The maximum absolute atomic E-state index is 12.5. The third-order valence-corrected chi connectivity index (χ3v) is 6.37. The van der Waals surface area contributed by atoms with Gasteiger partial charge in [0.05, 0.1) is 12.2 Å². The Labute approximate surface area is 175 Å². The van der Waals surface area contributed by atoms with Crippen molar-refractivity contribution in [3.05, 3.63) is 94.1 Å². The van der Waals surface area contributed by atoms with Gasteiger partial charge in [0.2, 0.25) is 0 Å². The van der Waals surface area contributed by atoms with Gasteiger partial charge in [0, 0.05) is 22.7 Å². The molecule has 1 unspecified atom stereocenters. The van der Waals surface area contributed by atoms with Crippen molar-refractivity contribution in [1.82, 2.24) is 14.5 Å². The van der Waals surface area contributed by atoms with Gasteiger partial charge in [-0.05, 0) is 49.8 Å². The van der Waals surface area contributed by atoms with E-state index >= 15 is 0 Å². The Morgan fingerprint density at radius 1 is 1.07 bits per heavy atom. The normalized spacial score (nSPS) is 15.9. The molecule has 3 aromatic rings. The average Bonchev–Trinajstić information content (AvgIpc) is 3.11. The van der Waals surface area contributed by atoms with E-state index in [0.29, 0.717) is 0 Å². The Balaban J connectivity index is 1.50. The summed E-state index contributed by atoms with van der Waals surface area (Å²) in [6, 6.07) is 20.5. The topological polar surface area (TPSA) is 46.9 Å². The molecule has 0 radical (unpaired) electrons. The maximum atomic E-state index is 12.5. The molecule has 0 spiro atoms. The second-order valence-corrected chi connectivity index (χ2v) is 8.61. The van der Waals surface area contributed by atoms with E-state index < -0.39 is 11.0 Å². The third kappa shape index (κ3) is 4.92. The summed E-state index contributed by atoms with van der Waals surface area (Å²) in [7, 11) is -1.26. The van der Waals surface area contributed by atoms with Crippen LogP contribution in [0.3, 0.4) is 0 Å². The van der Waals surface area contributed by atoms with Crippen molar-refractivity contribution in [2.45, 2.75) is 45.2 Å². The number of hydrogen-bond donors (Lipinski definition) is 1. The number of nitrogens with zero attached hydrogens (tertiary/aromatic N) is 2. The van der Waals surface area contributed by atoms with Crippen LogP contribution in [0.15, 0.2) is 66.1 Å². The molecular weight excluding hydrogens is 378 g/mol. The highest BCUT2D eigenvalue weighted by molar-refractivity contribution is 7.86. The average molecular weight is 406 g/mol. The summed E-state index contributed by atoms with van der Waals surface area (Å²) in [6.45, 7) is 2.81. The Morgan fingerprint density at radius 3 is 2.52 bits per heavy atom. The van der Waals surface area contributed by atoms with Crippen LogP contribution >= 0.6 is 0 Å². The van der Waals surface area contributed by atoms with E-state index in [1.807, 2.05) is 49.4 Å². The first-order chi connectivity index (χ1) is 14.2. The smallest absolute Gasteiger partial charge is 0.118 e. The molecular formula is C24H27N3OS. The van der Waals surface area contributed by atoms with Crippen molar-refractivity contribution in [2.75, 3.05) is 0 Å². The molecule has 0 aliphatic heterocycles. The molecule has 1 aliphatic carbocycles. The molecule has 0 saturated heterocycles. The van der Waals surface area contributed by atoms with Crippen molar-refractivity contribution in [3.63, 3.8) is 0 Å². The zero-order valence-electron chi connectivity index (χ0n) is 16.8. The molecule has 29 heavy (non-hydrogen) atoms. The van der Waals surface area contributed by atoms with E-state index in [-0.39, 0.29) is 6.04 Å². The quantitative estimate of drug-likeness (QED) is 0.614. The zero-order valence-corrected chi connectivity index (χ0v) is 17.6. The van der Waals surface area contributed by atoms with Crippen LogP contribution in [0.25, 0.3) is 6.08 Å². The Hall–Kier alpha value is -2.50. The molecule has 5 heteroatoms. The first kappa shape index (κ1) is 19.8. The summed E-state index contributed by atoms with van der Waals surface area (Å²) in [6.07, 6.45) is 6.43. The van der Waals surface area contributed by atoms with Gasteiger partial charge in [0.25, 0.3) is 0 Å². The standard InChI is InChI=1S/C24H27N3OS/c1-19(21-12-6-3-7-13-21)26-29(28)17-16-23-22-14-8-9-15-24(22)27(25-23)18-20-10-4-2-5-11-20/h2-7,10-13,16-17,19,26H,8-9,14-15,18H2,1H3/b17-16+/t19-,29?/m1/s1. The van der Waals surface area contributed by atoms with Crippen LogP contribution < -0.4 is 4.72 Å². The lowest BCUT2D eigenvalue weighted by molar-refractivity contribution is 0.595. The largest absolute Gasteiger partial charge is 0.264 e. The van der Waals surface area contributed by atoms with Gasteiger partial charge in [0.1, 0.15) is 11.0 Å². The van der Waals surface area contributed by atoms with Crippen LogP contribution in [0.2, 0.25) is 0 Å². The third-order valence-electron chi connectivity index (χ3n) is 5.41. The fourth-order valence-electron chi connectivity index (χ4n) is 3.87. The lowest BCUT2D eigenvalue weighted by Gasteiger charge is -2.14. The summed E-state index contributed by atoms with van der Waals surface area (Å²) < 4.78 is 17.8. The molecule has 4 rings (SSSR count). The van der Waals surface area contributed by atoms with Gasteiger partial charge in [-0.3, -0.25) is 4.68 Å². The predicted molar refractivity (Wildman–Crippen MR) is 120 cm³/mol. The van der Waals surface area contributed by atoms with Crippen LogP contribution in [0, 0.1) is 0 Å². The van der Waals surface area contributed by atoms with Crippen LogP contribution in [0.1, 0.15) is 53.9 Å². The van der Waals surface area contributed by atoms with Gasteiger partial charge in [-0.25, -0.2) is 8.93 Å². The summed E-state index contributed by atoms with van der Waals surface area (Å²) in [5.74, 6) is 0. The number of fused-ring (bicyclic) bond motifs is 1. The Kier molecular flexibility index (Phi) is 6.37. The van der Waals surface area contributed by atoms with Crippen molar-refractivity contribution in [2.24, 2.45) is 0 Å². The van der Waals surface area contributed by atoms with Gasteiger partial charge < -0.3 is 0 Å². The highest BCUT2D eigenvalue weighted by Crippen LogP contribution is 2.26. The van der Waals surface area contributed by atoms with Crippen molar-refractivity contribution >= 4 is 17.1 Å². The SMILES string of the molecule is C[C@@H](NS(=O)/C=C/c1nn(Cc2ccccc2)c2c1CCCC2)c1ccccc1. The lowest BCUT2D eigenvalue weighted by atomic mass is 9.95. The monoisotopic (exact) mass is 405 g/mol. The molecule has 0 bridgehead atoms. The molecule has 2 atom stereocenters. The number of hydrogen-bond acceptors (Lipinski definition) is 2. The fourth-order valence-corrected chi connectivity index (χ4v) is 4.69. The molecule has 0 saturated carbocycles. The number of aromatic nitrogens is 2. The van der Waals surface area contributed by atoms with Gasteiger partial charge >= 0.3 is 0 Å². The number of benzene rings is 2. The lowest BCUT2D eigenvalue weighted by Crippen LogP contribution is -2.19. The summed E-state index contributed by atoms with van der Waals surface area (Å²) in [5, 5.41) is 6.59. The molecule has 150 valence electrons. The highest BCUT2D eigenvalue weighted by atomic mass is 32.2. The van der Waals surface area contributed by atoms with Gasteiger partial charge in [-0.15, -0.1) is 0 Å². The van der Waals surface area contributed by atoms with Crippen LogP contribution in [0.4, 0.5) is 0 Å². The first-order valence-electron chi connectivity index (χ1n) is 10.2. The molecule has 0 fully saturated rings. The highest BCUT2D eigenvalue weighted by Gasteiger charge is 2.19. The molecule has 4 nitrogen and oxygen atoms in total. The summed E-state index contributed by atoms with van der Waals surface area (Å²) >= 11 is 0. The van der Waals surface area contributed by atoms with Crippen molar-refractivity contribution in [1.29, 1.82) is 0 Å².